The first-order valence-electron chi connectivity index (χ1n) is 8.50. The van der Waals surface area contributed by atoms with Gasteiger partial charge >= 0.3 is 5.97 Å². The number of nitrogens with one attached hydrogen (secondary N) is 1. The highest BCUT2D eigenvalue weighted by atomic mass is 16.5. The summed E-state index contributed by atoms with van der Waals surface area (Å²) in [5.41, 5.74) is 2.40. The van der Waals surface area contributed by atoms with Crippen LogP contribution in [-0.4, -0.2) is 29.8 Å². The van der Waals surface area contributed by atoms with Crippen LogP contribution in [0.5, 0.6) is 0 Å². The fourth-order valence-electron chi connectivity index (χ4n) is 3.36. The molecule has 1 aliphatic heterocycles. The van der Waals surface area contributed by atoms with Crippen molar-refractivity contribution in [3.05, 3.63) is 60.2 Å². The Hall–Kier alpha value is -2.86. The van der Waals surface area contributed by atoms with Crippen LogP contribution in [0.15, 0.2) is 54.6 Å². The van der Waals surface area contributed by atoms with Gasteiger partial charge in [-0.05, 0) is 23.8 Å². The minimum Gasteiger partial charge on any atom is -0.465 e. The lowest BCUT2D eigenvalue weighted by atomic mass is 9.85. The van der Waals surface area contributed by atoms with E-state index in [1.807, 2.05) is 54.6 Å². The Labute approximate surface area is 152 Å². The number of rotatable bonds is 4. The molecule has 1 aliphatic rings. The molecular formula is C20H22N2O4. The molecular weight excluding hydrogens is 332 g/mol. The summed E-state index contributed by atoms with van der Waals surface area (Å²) in [5, 5.41) is 14.3. The molecule has 0 radical (unpaired) electrons. The van der Waals surface area contributed by atoms with E-state index in [2.05, 4.69) is 5.32 Å². The third kappa shape index (κ3) is 3.55. The fraction of sp³-hybridized carbons (Fsp3) is 0.300. The maximum Gasteiger partial charge on any atom is 0.302 e. The molecule has 0 fully saturated rings. The Morgan fingerprint density at radius 1 is 1.08 bits per heavy atom. The van der Waals surface area contributed by atoms with Crippen LogP contribution in [-0.2, 0) is 14.3 Å². The Balaban J connectivity index is 2.04. The average molecular weight is 354 g/mol. The standard InChI is InChI=1S/C20H22N2O4/c1-13(23)22-18-11-7-6-10-16(18)19(21-15-8-4-3-5-9-15)17(20(22)25)12-26-14(2)24/h3-11,17,19-21,25H,12H2,1-2H3/t17-,19+,20+/m1/s1. The van der Waals surface area contributed by atoms with Crippen molar-refractivity contribution in [3.63, 3.8) is 0 Å². The second-order valence-corrected chi connectivity index (χ2v) is 6.32. The predicted octanol–water partition coefficient (Wildman–Crippen LogP) is 2.70. The topological polar surface area (TPSA) is 78.9 Å². The summed E-state index contributed by atoms with van der Waals surface area (Å²) < 4.78 is 5.19. The molecule has 3 rings (SSSR count). The molecule has 0 aromatic heterocycles. The van der Waals surface area contributed by atoms with Gasteiger partial charge < -0.3 is 15.2 Å². The molecule has 0 unspecified atom stereocenters. The number of nitrogens with zero attached hydrogens (tertiary/aromatic N) is 1. The van der Waals surface area contributed by atoms with Crippen molar-refractivity contribution < 1.29 is 19.4 Å². The number of fused-ring (bicyclic) bond motifs is 1. The van der Waals surface area contributed by atoms with Gasteiger partial charge in [0.1, 0.15) is 12.8 Å². The molecule has 0 spiro atoms. The number of aliphatic hydroxyl groups is 1. The normalized spacial score (nSPS) is 21.7. The Bertz CT molecular complexity index is 793. The number of ether oxygens (including phenoxy) is 1. The van der Waals surface area contributed by atoms with Crippen LogP contribution in [0.2, 0.25) is 0 Å². The maximum atomic E-state index is 12.2. The quantitative estimate of drug-likeness (QED) is 0.826. The minimum atomic E-state index is -1.11. The maximum absolute atomic E-state index is 12.2. The summed E-state index contributed by atoms with van der Waals surface area (Å²) >= 11 is 0. The molecule has 6 heteroatoms. The molecule has 0 saturated heterocycles. The Morgan fingerprint density at radius 3 is 2.38 bits per heavy atom. The van der Waals surface area contributed by atoms with E-state index in [0.717, 1.165) is 11.3 Å². The number of carbonyl (C=O) groups excluding carboxylic acids is 2. The van der Waals surface area contributed by atoms with Crippen molar-refractivity contribution in [3.8, 4) is 0 Å². The molecule has 0 saturated carbocycles. The summed E-state index contributed by atoms with van der Waals surface area (Å²) in [7, 11) is 0. The van der Waals surface area contributed by atoms with Crippen LogP contribution >= 0.6 is 0 Å². The number of anilines is 2. The number of aliphatic hydroxyl groups excluding tert-OH is 1. The number of esters is 1. The van der Waals surface area contributed by atoms with Gasteiger partial charge in [-0.25, -0.2) is 0 Å². The first-order chi connectivity index (χ1) is 12.5. The number of para-hydroxylation sites is 2. The van der Waals surface area contributed by atoms with Gasteiger partial charge in [0.05, 0.1) is 17.6 Å². The van der Waals surface area contributed by atoms with Gasteiger partial charge in [0.15, 0.2) is 0 Å². The number of hydrogen-bond acceptors (Lipinski definition) is 5. The zero-order valence-electron chi connectivity index (χ0n) is 14.8. The zero-order valence-corrected chi connectivity index (χ0v) is 14.8. The van der Waals surface area contributed by atoms with Gasteiger partial charge in [-0.2, -0.15) is 0 Å². The van der Waals surface area contributed by atoms with E-state index in [1.165, 1.54) is 18.7 Å². The number of carbonyl (C=O) groups is 2. The van der Waals surface area contributed by atoms with Crippen molar-refractivity contribution in [1.82, 2.24) is 0 Å². The van der Waals surface area contributed by atoms with Crippen molar-refractivity contribution in [2.24, 2.45) is 5.92 Å². The van der Waals surface area contributed by atoms with Gasteiger partial charge in [0.25, 0.3) is 0 Å². The van der Waals surface area contributed by atoms with E-state index < -0.39 is 18.1 Å². The highest BCUT2D eigenvalue weighted by Crippen LogP contribution is 2.42. The molecule has 1 heterocycles. The van der Waals surface area contributed by atoms with E-state index in [-0.39, 0.29) is 18.6 Å². The molecule has 0 aliphatic carbocycles. The SMILES string of the molecule is CC(=O)OC[C@@H]1[C@@H](Nc2ccccc2)c2ccccc2N(C(C)=O)[C@H]1O. The largest absolute Gasteiger partial charge is 0.465 e. The van der Waals surface area contributed by atoms with Crippen molar-refractivity contribution in [2.75, 3.05) is 16.8 Å². The summed E-state index contributed by atoms with van der Waals surface area (Å²) in [6, 6.07) is 16.7. The molecule has 136 valence electrons. The Kier molecular flexibility index (Phi) is 5.23. The lowest BCUT2D eigenvalue weighted by molar-refractivity contribution is -0.144. The van der Waals surface area contributed by atoms with Gasteiger partial charge in [-0.1, -0.05) is 36.4 Å². The van der Waals surface area contributed by atoms with Gasteiger partial charge in [-0.15, -0.1) is 0 Å². The van der Waals surface area contributed by atoms with E-state index in [1.54, 1.807) is 0 Å². The van der Waals surface area contributed by atoms with E-state index in [9.17, 15) is 14.7 Å². The highest BCUT2D eigenvalue weighted by Gasteiger charge is 2.42. The predicted molar refractivity (Wildman–Crippen MR) is 98.5 cm³/mol. The second-order valence-electron chi connectivity index (χ2n) is 6.32. The first-order valence-corrected chi connectivity index (χ1v) is 8.50. The lowest BCUT2D eigenvalue weighted by Gasteiger charge is -2.43. The number of hydrogen-bond donors (Lipinski definition) is 2. The molecule has 2 aromatic carbocycles. The van der Waals surface area contributed by atoms with Crippen LogP contribution in [0.3, 0.4) is 0 Å². The van der Waals surface area contributed by atoms with Crippen LogP contribution in [0.1, 0.15) is 25.5 Å². The zero-order chi connectivity index (χ0) is 18.7. The van der Waals surface area contributed by atoms with E-state index >= 15 is 0 Å². The molecule has 6 nitrogen and oxygen atoms in total. The third-order valence-corrected chi connectivity index (χ3v) is 4.52. The van der Waals surface area contributed by atoms with Gasteiger partial charge in [0, 0.05) is 19.5 Å². The van der Waals surface area contributed by atoms with Crippen molar-refractivity contribution in [1.29, 1.82) is 0 Å². The molecule has 0 bridgehead atoms. The summed E-state index contributed by atoms with van der Waals surface area (Å²) in [5.74, 6) is -1.21. The van der Waals surface area contributed by atoms with Crippen molar-refractivity contribution in [2.45, 2.75) is 26.1 Å². The lowest BCUT2D eigenvalue weighted by Crippen LogP contribution is -2.52. The van der Waals surface area contributed by atoms with Crippen LogP contribution < -0.4 is 10.2 Å². The summed E-state index contributed by atoms with van der Waals surface area (Å²) in [4.78, 5) is 24.8. The van der Waals surface area contributed by atoms with Crippen molar-refractivity contribution >= 4 is 23.3 Å². The fourth-order valence-corrected chi connectivity index (χ4v) is 3.36. The second kappa shape index (κ2) is 7.58. The summed E-state index contributed by atoms with van der Waals surface area (Å²) in [6.07, 6.45) is -1.11. The average Bonchev–Trinajstić information content (AvgIpc) is 2.61. The first kappa shape index (κ1) is 17.9. The molecule has 3 atom stereocenters. The minimum absolute atomic E-state index is 0.000878. The van der Waals surface area contributed by atoms with Crippen LogP contribution in [0, 0.1) is 5.92 Å². The molecule has 2 aromatic rings. The van der Waals surface area contributed by atoms with E-state index in [0.29, 0.717) is 5.69 Å². The van der Waals surface area contributed by atoms with Gasteiger partial charge in [0.2, 0.25) is 5.91 Å². The van der Waals surface area contributed by atoms with E-state index in [4.69, 9.17) is 4.74 Å². The Morgan fingerprint density at radius 2 is 1.73 bits per heavy atom. The number of amides is 1. The monoisotopic (exact) mass is 354 g/mol. The third-order valence-electron chi connectivity index (χ3n) is 4.52. The smallest absolute Gasteiger partial charge is 0.302 e. The summed E-state index contributed by atoms with van der Waals surface area (Å²) in [6.45, 7) is 2.73. The molecule has 1 amide bonds. The number of benzene rings is 2. The van der Waals surface area contributed by atoms with Crippen LogP contribution in [0.25, 0.3) is 0 Å². The molecule has 26 heavy (non-hydrogen) atoms. The van der Waals surface area contributed by atoms with Crippen LogP contribution in [0.4, 0.5) is 11.4 Å². The van der Waals surface area contributed by atoms with Gasteiger partial charge in [-0.3, -0.25) is 14.5 Å². The highest BCUT2D eigenvalue weighted by molar-refractivity contribution is 5.93. The molecule has 2 N–H and O–H groups in total.